The summed E-state index contributed by atoms with van der Waals surface area (Å²) in [7, 11) is 1.49. The molecular formula is C13H11BrN2O3. The summed E-state index contributed by atoms with van der Waals surface area (Å²) in [5, 5.41) is 0. The number of carbonyl (C=O) groups excluding carboxylic acids is 1. The fourth-order valence-corrected chi connectivity index (χ4v) is 1.87. The molecule has 19 heavy (non-hydrogen) atoms. The molecular weight excluding hydrogens is 312 g/mol. The van der Waals surface area contributed by atoms with Gasteiger partial charge >= 0.3 is 0 Å². The lowest BCUT2D eigenvalue weighted by atomic mass is 10.2. The highest BCUT2D eigenvalue weighted by molar-refractivity contribution is 9.10. The SMILES string of the molecule is COc1cc(C=O)c(OCc2cncc(Br)c2)cn1. The summed E-state index contributed by atoms with van der Waals surface area (Å²) < 4.78 is 11.4. The number of ether oxygens (including phenoxy) is 2. The third kappa shape index (κ3) is 3.51. The molecule has 0 radical (unpaired) electrons. The van der Waals surface area contributed by atoms with Crippen LogP contribution in [0.1, 0.15) is 15.9 Å². The summed E-state index contributed by atoms with van der Waals surface area (Å²) in [6.45, 7) is 0.307. The second-order valence-electron chi connectivity index (χ2n) is 3.68. The van der Waals surface area contributed by atoms with Crippen molar-refractivity contribution in [1.82, 2.24) is 9.97 Å². The Morgan fingerprint density at radius 3 is 2.84 bits per heavy atom. The standard InChI is InChI=1S/C13H11BrN2O3/c1-18-13-3-10(7-17)12(6-16-13)19-8-9-2-11(14)5-15-4-9/h2-7H,8H2,1H3. The zero-order valence-corrected chi connectivity index (χ0v) is 11.8. The average Bonchev–Trinajstić information content (AvgIpc) is 2.45. The van der Waals surface area contributed by atoms with Gasteiger partial charge in [-0.15, -0.1) is 0 Å². The lowest BCUT2D eigenvalue weighted by molar-refractivity contribution is 0.111. The Balaban J connectivity index is 2.13. The molecule has 5 nitrogen and oxygen atoms in total. The molecule has 6 heteroatoms. The van der Waals surface area contributed by atoms with Gasteiger partial charge in [0.25, 0.3) is 0 Å². The fourth-order valence-electron chi connectivity index (χ4n) is 1.46. The van der Waals surface area contributed by atoms with Gasteiger partial charge in [-0.3, -0.25) is 9.78 Å². The first-order valence-electron chi connectivity index (χ1n) is 5.44. The summed E-state index contributed by atoms with van der Waals surface area (Å²) in [5.41, 5.74) is 1.29. The van der Waals surface area contributed by atoms with Crippen molar-refractivity contribution < 1.29 is 14.3 Å². The Kier molecular flexibility index (Phi) is 4.46. The van der Waals surface area contributed by atoms with Crippen LogP contribution in [-0.4, -0.2) is 23.4 Å². The quantitative estimate of drug-likeness (QED) is 0.792. The van der Waals surface area contributed by atoms with Gasteiger partial charge in [-0.25, -0.2) is 4.98 Å². The van der Waals surface area contributed by atoms with Gasteiger partial charge in [-0.2, -0.15) is 0 Å². The molecule has 0 unspecified atom stereocenters. The van der Waals surface area contributed by atoms with Crippen LogP contribution >= 0.6 is 15.9 Å². The second kappa shape index (κ2) is 6.29. The number of carbonyl (C=O) groups is 1. The van der Waals surface area contributed by atoms with Crippen LogP contribution in [0.5, 0.6) is 11.6 Å². The highest BCUT2D eigenvalue weighted by Crippen LogP contribution is 2.21. The number of aromatic nitrogens is 2. The third-order valence-electron chi connectivity index (χ3n) is 2.36. The number of methoxy groups -OCH3 is 1. The van der Waals surface area contributed by atoms with Crippen molar-refractivity contribution in [2.75, 3.05) is 7.11 Å². The van der Waals surface area contributed by atoms with E-state index in [9.17, 15) is 4.79 Å². The molecule has 0 aliphatic heterocycles. The smallest absolute Gasteiger partial charge is 0.213 e. The second-order valence-corrected chi connectivity index (χ2v) is 4.60. The van der Waals surface area contributed by atoms with Crippen LogP contribution in [-0.2, 0) is 6.61 Å². The van der Waals surface area contributed by atoms with Crippen LogP contribution in [0.25, 0.3) is 0 Å². The first-order valence-corrected chi connectivity index (χ1v) is 6.23. The van der Waals surface area contributed by atoms with Gasteiger partial charge in [-0.1, -0.05) is 0 Å². The Morgan fingerprint density at radius 1 is 1.32 bits per heavy atom. The number of hydrogen-bond acceptors (Lipinski definition) is 5. The van der Waals surface area contributed by atoms with Gasteiger partial charge in [0, 0.05) is 28.5 Å². The Bertz CT molecular complexity index is 590. The molecule has 0 aliphatic rings. The van der Waals surface area contributed by atoms with E-state index in [2.05, 4.69) is 25.9 Å². The maximum atomic E-state index is 11.0. The van der Waals surface area contributed by atoms with Gasteiger partial charge in [0.2, 0.25) is 5.88 Å². The van der Waals surface area contributed by atoms with Crippen LogP contribution in [0.4, 0.5) is 0 Å². The van der Waals surface area contributed by atoms with Crippen molar-refractivity contribution in [2.45, 2.75) is 6.61 Å². The van der Waals surface area contributed by atoms with E-state index >= 15 is 0 Å². The number of nitrogens with zero attached hydrogens (tertiary/aromatic N) is 2. The molecule has 2 rings (SSSR count). The summed E-state index contributed by atoms with van der Waals surface area (Å²) in [5.74, 6) is 0.786. The molecule has 0 fully saturated rings. The summed E-state index contributed by atoms with van der Waals surface area (Å²) in [4.78, 5) is 19.0. The highest BCUT2D eigenvalue weighted by Gasteiger charge is 2.06. The van der Waals surface area contributed by atoms with Crippen molar-refractivity contribution in [1.29, 1.82) is 0 Å². The van der Waals surface area contributed by atoms with Gasteiger partial charge < -0.3 is 9.47 Å². The summed E-state index contributed by atoms with van der Waals surface area (Å²) >= 11 is 3.33. The van der Waals surface area contributed by atoms with Crippen molar-refractivity contribution >= 4 is 22.2 Å². The summed E-state index contributed by atoms with van der Waals surface area (Å²) in [6, 6.07) is 3.42. The first-order chi connectivity index (χ1) is 9.22. The lowest BCUT2D eigenvalue weighted by Gasteiger charge is -2.09. The van der Waals surface area contributed by atoms with Crippen LogP contribution in [0, 0.1) is 0 Å². The van der Waals surface area contributed by atoms with Crippen molar-refractivity contribution in [2.24, 2.45) is 0 Å². The number of aldehydes is 1. The predicted octanol–water partition coefficient (Wildman–Crippen LogP) is 2.64. The molecule has 0 N–H and O–H groups in total. The predicted molar refractivity (Wildman–Crippen MR) is 72.4 cm³/mol. The zero-order valence-electron chi connectivity index (χ0n) is 10.2. The molecule has 0 spiro atoms. The van der Waals surface area contributed by atoms with Gasteiger partial charge in [0.1, 0.15) is 12.4 Å². The molecule has 0 aliphatic carbocycles. The minimum absolute atomic E-state index is 0.307. The maximum Gasteiger partial charge on any atom is 0.213 e. The normalized spacial score (nSPS) is 10.0. The molecule has 0 saturated heterocycles. The first kappa shape index (κ1) is 13.5. The van der Waals surface area contributed by atoms with Gasteiger partial charge in [-0.05, 0) is 22.0 Å². The molecule has 0 aromatic carbocycles. The Morgan fingerprint density at radius 2 is 2.16 bits per heavy atom. The molecule has 0 bridgehead atoms. The van der Waals surface area contributed by atoms with E-state index in [1.807, 2.05) is 6.07 Å². The van der Waals surface area contributed by atoms with Crippen molar-refractivity contribution in [3.63, 3.8) is 0 Å². The Labute approximate surface area is 118 Å². The molecule has 2 aromatic heterocycles. The number of halogens is 1. The van der Waals surface area contributed by atoms with Crippen LogP contribution in [0.3, 0.4) is 0 Å². The van der Waals surface area contributed by atoms with E-state index in [1.165, 1.54) is 19.4 Å². The van der Waals surface area contributed by atoms with Crippen LogP contribution in [0.15, 0.2) is 35.2 Å². The third-order valence-corrected chi connectivity index (χ3v) is 2.80. The minimum atomic E-state index is 0.307. The maximum absolute atomic E-state index is 11.0. The number of hydrogen-bond donors (Lipinski definition) is 0. The number of rotatable bonds is 5. The van der Waals surface area contributed by atoms with Crippen LogP contribution < -0.4 is 9.47 Å². The molecule has 98 valence electrons. The van der Waals surface area contributed by atoms with E-state index in [-0.39, 0.29) is 0 Å². The van der Waals surface area contributed by atoms with Crippen LogP contribution in [0.2, 0.25) is 0 Å². The topological polar surface area (TPSA) is 61.3 Å². The monoisotopic (exact) mass is 322 g/mol. The van der Waals surface area contributed by atoms with E-state index < -0.39 is 0 Å². The molecule has 2 aromatic rings. The highest BCUT2D eigenvalue weighted by atomic mass is 79.9. The fraction of sp³-hybridized carbons (Fsp3) is 0.154. The zero-order chi connectivity index (χ0) is 13.7. The lowest BCUT2D eigenvalue weighted by Crippen LogP contribution is -2.00. The Hall–Kier alpha value is -1.95. The number of pyridine rings is 2. The summed E-state index contributed by atoms with van der Waals surface area (Å²) in [6.07, 6.45) is 5.56. The molecule has 0 amide bonds. The van der Waals surface area contributed by atoms with E-state index in [4.69, 9.17) is 9.47 Å². The van der Waals surface area contributed by atoms with Gasteiger partial charge in [0.05, 0.1) is 18.9 Å². The molecule has 0 atom stereocenters. The molecule has 0 saturated carbocycles. The van der Waals surface area contributed by atoms with E-state index in [0.717, 1.165) is 10.0 Å². The average molecular weight is 323 g/mol. The van der Waals surface area contributed by atoms with Crippen molar-refractivity contribution in [3.8, 4) is 11.6 Å². The minimum Gasteiger partial charge on any atom is -0.486 e. The largest absolute Gasteiger partial charge is 0.486 e. The van der Waals surface area contributed by atoms with Gasteiger partial charge in [0.15, 0.2) is 6.29 Å². The van der Waals surface area contributed by atoms with Crippen molar-refractivity contribution in [3.05, 3.63) is 46.3 Å². The molecule has 2 heterocycles. The van der Waals surface area contributed by atoms with E-state index in [0.29, 0.717) is 30.1 Å². The van der Waals surface area contributed by atoms with E-state index in [1.54, 1.807) is 12.4 Å².